The van der Waals surface area contributed by atoms with Gasteiger partial charge >= 0.3 is 0 Å². The predicted molar refractivity (Wildman–Crippen MR) is 92.3 cm³/mol. The second-order valence-corrected chi connectivity index (χ2v) is 6.64. The van der Waals surface area contributed by atoms with Crippen molar-refractivity contribution in [1.29, 1.82) is 0 Å². The molecule has 0 radical (unpaired) electrons. The van der Waals surface area contributed by atoms with E-state index in [4.69, 9.17) is 0 Å². The molecular formula is C18H29N3O3. The van der Waals surface area contributed by atoms with Gasteiger partial charge in [-0.3, -0.25) is 14.4 Å². The zero-order chi connectivity index (χ0) is 17.4. The van der Waals surface area contributed by atoms with E-state index in [1.165, 1.54) is 18.4 Å². The van der Waals surface area contributed by atoms with Crippen LogP contribution in [0.2, 0.25) is 0 Å². The molecule has 2 aliphatic rings. The molecule has 0 atom stereocenters. The fourth-order valence-corrected chi connectivity index (χ4v) is 3.30. The standard InChI is InChI=1S/C18H29N3O3/c1-16(23)20(9-7-17-5-3-2-4-6-17)10-8-18(24)21-13-11-19(15-22)12-14-21/h5,15H,2-4,6-14H2,1H3. The number of carbonyl (C=O) groups is 3. The molecule has 6 heteroatoms. The summed E-state index contributed by atoms with van der Waals surface area (Å²) in [6.07, 6.45) is 9.24. The van der Waals surface area contributed by atoms with Crippen LogP contribution in [0.3, 0.4) is 0 Å². The minimum Gasteiger partial charge on any atom is -0.342 e. The Morgan fingerprint density at radius 3 is 2.50 bits per heavy atom. The van der Waals surface area contributed by atoms with E-state index in [1.807, 2.05) is 0 Å². The Balaban J connectivity index is 1.74. The van der Waals surface area contributed by atoms with Gasteiger partial charge in [-0.2, -0.15) is 0 Å². The summed E-state index contributed by atoms with van der Waals surface area (Å²) in [6.45, 7) is 5.12. The van der Waals surface area contributed by atoms with Crippen LogP contribution in [0.25, 0.3) is 0 Å². The van der Waals surface area contributed by atoms with E-state index in [0.29, 0.717) is 45.7 Å². The number of nitrogens with zero attached hydrogens (tertiary/aromatic N) is 3. The minimum atomic E-state index is 0.0324. The Kier molecular flexibility index (Phi) is 7.28. The van der Waals surface area contributed by atoms with Gasteiger partial charge < -0.3 is 14.7 Å². The zero-order valence-corrected chi connectivity index (χ0v) is 14.7. The highest BCUT2D eigenvalue weighted by molar-refractivity contribution is 5.78. The first-order valence-corrected chi connectivity index (χ1v) is 9.00. The summed E-state index contributed by atoms with van der Waals surface area (Å²) >= 11 is 0. The average molecular weight is 335 g/mol. The molecule has 24 heavy (non-hydrogen) atoms. The highest BCUT2D eigenvalue weighted by Crippen LogP contribution is 2.20. The summed E-state index contributed by atoms with van der Waals surface area (Å²) in [5, 5.41) is 0. The average Bonchev–Trinajstić information content (AvgIpc) is 2.62. The van der Waals surface area contributed by atoms with Crippen molar-refractivity contribution < 1.29 is 14.4 Å². The number of allylic oxidation sites excluding steroid dienone is 1. The lowest BCUT2D eigenvalue weighted by molar-refractivity contribution is -0.136. The van der Waals surface area contributed by atoms with Crippen LogP contribution >= 0.6 is 0 Å². The molecule has 6 nitrogen and oxygen atoms in total. The lowest BCUT2D eigenvalue weighted by Crippen LogP contribution is -2.48. The van der Waals surface area contributed by atoms with Crippen molar-refractivity contribution in [2.24, 2.45) is 0 Å². The van der Waals surface area contributed by atoms with E-state index in [0.717, 1.165) is 25.7 Å². The van der Waals surface area contributed by atoms with Gasteiger partial charge in [-0.25, -0.2) is 0 Å². The zero-order valence-electron chi connectivity index (χ0n) is 14.7. The molecule has 1 saturated heterocycles. The number of rotatable bonds is 7. The van der Waals surface area contributed by atoms with Gasteiger partial charge in [0.2, 0.25) is 18.2 Å². The van der Waals surface area contributed by atoms with Crippen LogP contribution in [0.4, 0.5) is 0 Å². The van der Waals surface area contributed by atoms with Gasteiger partial charge in [0.05, 0.1) is 0 Å². The smallest absolute Gasteiger partial charge is 0.224 e. The molecule has 0 aromatic heterocycles. The number of hydrogen-bond acceptors (Lipinski definition) is 3. The maximum absolute atomic E-state index is 12.3. The lowest BCUT2D eigenvalue weighted by Gasteiger charge is -2.33. The Morgan fingerprint density at radius 1 is 1.17 bits per heavy atom. The Bertz CT molecular complexity index is 482. The number of hydrogen-bond donors (Lipinski definition) is 0. The van der Waals surface area contributed by atoms with E-state index >= 15 is 0 Å². The second-order valence-electron chi connectivity index (χ2n) is 6.64. The summed E-state index contributed by atoms with van der Waals surface area (Å²) in [4.78, 5) is 40.1. The molecule has 0 spiro atoms. The predicted octanol–water partition coefficient (Wildman–Crippen LogP) is 1.42. The van der Waals surface area contributed by atoms with Crippen LogP contribution in [-0.2, 0) is 14.4 Å². The molecule has 1 heterocycles. The Morgan fingerprint density at radius 2 is 1.92 bits per heavy atom. The third kappa shape index (κ3) is 5.65. The van der Waals surface area contributed by atoms with Crippen LogP contribution in [0.1, 0.15) is 45.4 Å². The molecule has 1 aliphatic heterocycles. The van der Waals surface area contributed by atoms with E-state index in [1.54, 1.807) is 21.6 Å². The molecule has 0 N–H and O–H groups in total. The third-order valence-electron chi connectivity index (χ3n) is 4.94. The topological polar surface area (TPSA) is 60.9 Å². The summed E-state index contributed by atoms with van der Waals surface area (Å²) in [5.74, 6) is 0.105. The van der Waals surface area contributed by atoms with Gasteiger partial charge in [-0.1, -0.05) is 11.6 Å². The van der Waals surface area contributed by atoms with Crippen LogP contribution in [-0.4, -0.2) is 72.2 Å². The van der Waals surface area contributed by atoms with Gasteiger partial charge in [0.1, 0.15) is 0 Å². The molecule has 0 bridgehead atoms. The van der Waals surface area contributed by atoms with Crippen LogP contribution in [0, 0.1) is 0 Å². The van der Waals surface area contributed by atoms with Crippen LogP contribution in [0.15, 0.2) is 11.6 Å². The maximum atomic E-state index is 12.3. The Hall–Kier alpha value is -1.85. The first-order chi connectivity index (χ1) is 11.6. The summed E-state index contributed by atoms with van der Waals surface area (Å²) in [7, 11) is 0. The van der Waals surface area contributed by atoms with Crippen molar-refractivity contribution in [1.82, 2.24) is 14.7 Å². The number of piperazine rings is 1. The molecule has 0 saturated carbocycles. The van der Waals surface area contributed by atoms with Crippen molar-refractivity contribution in [3.8, 4) is 0 Å². The van der Waals surface area contributed by atoms with E-state index in [2.05, 4.69) is 6.08 Å². The second kappa shape index (κ2) is 9.45. The fraction of sp³-hybridized carbons (Fsp3) is 0.722. The summed E-state index contributed by atoms with van der Waals surface area (Å²) in [6, 6.07) is 0. The quantitative estimate of drug-likeness (QED) is 0.522. The fourth-order valence-electron chi connectivity index (χ4n) is 3.30. The maximum Gasteiger partial charge on any atom is 0.224 e. The SMILES string of the molecule is CC(=O)N(CCC(=O)N1CCN(C=O)CC1)CCC1=CCCCC1. The normalized spacial score (nSPS) is 18.1. The van der Waals surface area contributed by atoms with Gasteiger partial charge in [0, 0.05) is 52.6 Å². The molecule has 0 unspecified atom stereocenters. The van der Waals surface area contributed by atoms with Gasteiger partial charge in [-0.05, 0) is 32.1 Å². The molecule has 2 rings (SSSR count). The number of carbonyl (C=O) groups excluding carboxylic acids is 3. The van der Waals surface area contributed by atoms with Crippen molar-refractivity contribution in [3.05, 3.63) is 11.6 Å². The summed E-state index contributed by atoms with van der Waals surface area (Å²) < 4.78 is 0. The van der Waals surface area contributed by atoms with Gasteiger partial charge in [-0.15, -0.1) is 0 Å². The van der Waals surface area contributed by atoms with Crippen LogP contribution in [0.5, 0.6) is 0 Å². The van der Waals surface area contributed by atoms with Gasteiger partial charge in [0.15, 0.2) is 0 Å². The van der Waals surface area contributed by atoms with Crippen molar-refractivity contribution in [2.45, 2.75) is 45.4 Å². The van der Waals surface area contributed by atoms with Crippen molar-refractivity contribution in [3.63, 3.8) is 0 Å². The highest BCUT2D eigenvalue weighted by Gasteiger charge is 2.21. The first-order valence-electron chi connectivity index (χ1n) is 9.00. The van der Waals surface area contributed by atoms with E-state index in [9.17, 15) is 14.4 Å². The minimum absolute atomic E-state index is 0.0324. The highest BCUT2D eigenvalue weighted by atomic mass is 16.2. The number of amides is 3. The largest absolute Gasteiger partial charge is 0.342 e. The van der Waals surface area contributed by atoms with E-state index < -0.39 is 0 Å². The molecule has 3 amide bonds. The first kappa shape index (κ1) is 18.5. The molecular weight excluding hydrogens is 306 g/mol. The molecule has 0 aromatic carbocycles. The summed E-state index contributed by atoms with van der Waals surface area (Å²) in [5.41, 5.74) is 1.45. The lowest BCUT2D eigenvalue weighted by atomic mass is 9.97. The third-order valence-corrected chi connectivity index (χ3v) is 4.94. The molecule has 0 aromatic rings. The monoisotopic (exact) mass is 335 g/mol. The molecule has 1 fully saturated rings. The van der Waals surface area contributed by atoms with Crippen LogP contribution < -0.4 is 0 Å². The van der Waals surface area contributed by atoms with Gasteiger partial charge in [0.25, 0.3) is 0 Å². The molecule has 134 valence electrons. The Labute approximate surface area is 144 Å². The van der Waals surface area contributed by atoms with Crippen molar-refractivity contribution >= 4 is 18.2 Å². The van der Waals surface area contributed by atoms with Crippen molar-refractivity contribution in [2.75, 3.05) is 39.3 Å². The molecule has 1 aliphatic carbocycles. The van der Waals surface area contributed by atoms with E-state index in [-0.39, 0.29) is 11.8 Å².